The minimum Gasteiger partial charge on any atom is -0.239 e. The van der Waals surface area contributed by atoms with Gasteiger partial charge < -0.3 is 0 Å². The fraction of sp³-hybridized carbons (Fsp3) is 0.400. The van der Waals surface area contributed by atoms with Gasteiger partial charge in [0.2, 0.25) is 0 Å². The van der Waals surface area contributed by atoms with Crippen molar-refractivity contribution in [2.24, 2.45) is 4.40 Å². The van der Waals surface area contributed by atoms with Crippen molar-refractivity contribution in [2.45, 2.75) is 25.5 Å². The lowest BCUT2D eigenvalue weighted by atomic mass is 10.3. The van der Waals surface area contributed by atoms with E-state index in [2.05, 4.69) is 62.0 Å². The van der Waals surface area contributed by atoms with Crippen molar-refractivity contribution in [1.29, 1.82) is 0 Å². The summed E-state index contributed by atoms with van der Waals surface area (Å²) in [6.45, 7) is 6.37. The van der Waals surface area contributed by atoms with Crippen molar-refractivity contribution in [3.05, 3.63) is 26.9 Å². The summed E-state index contributed by atoms with van der Waals surface area (Å²) in [6.07, 6.45) is 1.77. The van der Waals surface area contributed by atoms with Crippen LogP contribution in [0.25, 0.3) is 0 Å². The van der Waals surface area contributed by atoms with Crippen LogP contribution >= 0.6 is 43.8 Å². The Bertz CT molecular complexity index is 372. The Morgan fingerprint density at radius 1 is 1.33 bits per heavy atom. The van der Waals surface area contributed by atoms with E-state index in [1.54, 1.807) is 6.21 Å². The van der Waals surface area contributed by atoms with Gasteiger partial charge in [-0.15, -0.1) is 0 Å². The Balaban J connectivity index is 2.76. The van der Waals surface area contributed by atoms with E-state index < -0.39 is 0 Å². The molecule has 0 aliphatic heterocycles. The molecule has 0 saturated carbocycles. The van der Waals surface area contributed by atoms with Gasteiger partial charge in [-0.05, 0) is 76.7 Å². The number of hydrogen-bond donors (Lipinski definition) is 0. The molecule has 0 N–H and O–H groups in total. The predicted octanol–water partition coefficient (Wildman–Crippen LogP) is 4.47. The van der Waals surface area contributed by atoms with Gasteiger partial charge in [-0.3, -0.25) is 0 Å². The summed E-state index contributed by atoms with van der Waals surface area (Å²) in [5.41, 5.74) is 0.834. The molecular weight excluding hydrogens is 340 g/mol. The van der Waals surface area contributed by atoms with E-state index in [1.807, 2.05) is 12.1 Å². The molecule has 0 saturated heterocycles. The Morgan fingerprint density at radius 2 is 2.00 bits per heavy atom. The maximum Gasteiger partial charge on any atom is 0.106 e. The Hall–Kier alpha value is 0.130. The maximum atomic E-state index is 4.30. The lowest BCUT2D eigenvalue weighted by Crippen LogP contribution is -2.05. The van der Waals surface area contributed by atoms with Gasteiger partial charge in [-0.2, -0.15) is 0 Å². The molecule has 0 aliphatic rings. The van der Waals surface area contributed by atoms with Crippen LogP contribution in [-0.2, 0) is 0 Å². The Morgan fingerprint density at radius 3 is 2.60 bits per heavy atom. The number of pyridine rings is 1. The van der Waals surface area contributed by atoms with Crippen LogP contribution in [0.2, 0.25) is 0 Å². The lowest BCUT2D eigenvalue weighted by Gasteiger charge is -2.12. The molecule has 0 aliphatic carbocycles. The summed E-state index contributed by atoms with van der Waals surface area (Å²) >= 11 is 8.29. The molecule has 0 fully saturated rings. The van der Waals surface area contributed by atoms with Crippen LogP contribution < -0.4 is 0 Å². The van der Waals surface area contributed by atoms with Gasteiger partial charge in [-0.25, -0.2) is 9.38 Å². The summed E-state index contributed by atoms with van der Waals surface area (Å²) < 4.78 is 6.19. The van der Waals surface area contributed by atoms with E-state index in [-0.39, 0.29) is 4.75 Å². The summed E-state index contributed by atoms with van der Waals surface area (Å²) in [6, 6.07) is 3.83. The zero-order valence-corrected chi connectivity index (χ0v) is 12.8. The lowest BCUT2D eigenvalue weighted by molar-refractivity contribution is 0.804. The molecule has 1 rings (SSSR count). The van der Waals surface area contributed by atoms with Crippen LogP contribution in [0.3, 0.4) is 0 Å². The first-order valence-corrected chi connectivity index (χ1v) is 6.78. The third-order valence-corrected chi connectivity index (χ3v) is 3.21. The third kappa shape index (κ3) is 5.13. The van der Waals surface area contributed by atoms with Crippen LogP contribution in [-0.4, -0.2) is 15.9 Å². The second-order valence-electron chi connectivity index (χ2n) is 3.94. The minimum absolute atomic E-state index is 0.134. The van der Waals surface area contributed by atoms with Gasteiger partial charge in [0.1, 0.15) is 4.60 Å². The normalized spacial score (nSPS) is 12.3. The van der Waals surface area contributed by atoms with Gasteiger partial charge >= 0.3 is 0 Å². The largest absolute Gasteiger partial charge is 0.239 e. The number of halogens is 2. The third-order valence-electron chi connectivity index (χ3n) is 1.34. The highest BCUT2D eigenvalue weighted by atomic mass is 79.9. The molecule has 82 valence electrons. The molecule has 5 heteroatoms. The SMILES string of the molecule is CC(C)(C)SN=Cc1nc(Br)ccc1Br. The molecule has 15 heavy (non-hydrogen) atoms. The number of rotatable bonds is 2. The molecule has 0 bridgehead atoms. The zero-order chi connectivity index (χ0) is 11.5. The van der Waals surface area contributed by atoms with Gasteiger partial charge in [0.25, 0.3) is 0 Å². The molecule has 1 aromatic rings. The molecule has 1 aromatic heterocycles. The van der Waals surface area contributed by atoms with Gasteiger partial charge in [-0.1, -0.05) is 0 Å². The van der Waals surface area contributed by atoms with Crippen molar-refractivity contribution in [3.8, 4) is 0 Å². The molecular formula is C10H12Br2N2S. The molecule has 0 radical (unpaired) electrons. The van der Waals surface area contributed by atoms with Gasteiger partial charge in [0, 0.05) is 9.22 Å². The summed E-state index contributed by atoms with van der Waals surface area (Å²) in [5, 5.41) is 0. The first kappa shape index (κ1) is 13.2. The first-order chi connectivity index (χ1) is 6.88. The fourth-order valence-corrected chi connectivity index (χ4v) is 1.87. The molecule has 1 heterocycles. The second-order valence-corrected chi connectivity index (χ2v) is 7.22. The first-order valence-electron chi connectivity index (χ1n) is 4.42. The highest BCUT2D eigenvalue weighted by Gasteiger charge is 2.09. The van der Waals surface area contributed by atoms with E-state index in [9.17, 15) is 0 Å². The van der Waals surface area contributed by atoms with E-state index in [1.165, 1.54) is 11.9 Å². The molecule has 0 spiro atoms. The average molecular weight is 352 g/mol. The summed E-state index contributed by atoms with van der Waals surface area (Å²) in [7, 11) is 0. The highest BCUT2D eigenvalue weighted by molar-refractivity contribution is 9.11. The zero-order valence-electron chi connectivity index (χ0n) is 8.79. The summed E-state index contributed by atoms with van der Waals surface area (Å²) in [4.78, 5) is 4.30. The van der Waals surface area contributed by atoms with Crippen molar-refractivity contribution in [1.82, 2.24) is 4.98 Å². The van der Waals surface area contributed by atoms with Crippen molar-refractivity contribution >= 4 is 50.0 Å². The molecule has 0 aromatic carbocycles. The van der Waals surface area contributed by atoms with Crippen molar-refractivity contribution in [3.63, 3.8) is 0 Å². The van der Waals surface area contributed by atoms with Crippen molar-refractivity contribution < 1.29 is 0 Å². The molecule has 0 unspecified atom stereocenters. The predicted molar refractivity (Wildman–Crippen MR) is 74.6 cm³/mol. The number of nitrogens with zero attached hydrogens (tertiary/aromatic N) is 2. The Labute approximate surface area is 111 Å². The fourth-order valence-electron chi connectivity index (χ4n) is 0.758. The van der Waals surface area contributed by atoms with Gasteiger partial charge in [0.05, 0.1) is 11.9 Å². The van der Waals surface area contributed by atoms with Crippen LogP contribution in [0.4, 0.5) is 0 Å². The smallest absolute Gasteiger partial charge is 0.106 e. The van der Waals surface area contributed by atoms with Gasteiger partial charge in [0.15, 0.2) is 0 Å². The van der Waals surface area contributed by atoms with Crippen LogP contribution in [0.1, 0.15) is 26.5 Å². The second kappa shape index (κ2) is 5.46. The van der Waals surface area contributed by atoms with Crippen LogP contribution in [0.5, 0.6) is 0 Å². The molecule has 0 atom stereocenters. The monoisotopic (exact) mass is 350 g/mol. The minimum atomic E-state index is 0.134. The van der Waals surface area contributed by atoms with Crippen molar-refractivity contribution in [2.75, 3.05) is 0 Å². The van der Waals surface area contributed by atoms with Crippen LogP contribution in [0.15, 0.2) is 25.6 Å². The maximum absolute atomic E-state index is 4.30. The Kier molecular flexibility index (Phi) is 4.80. The summed E-state index contributed by atoms with van der Waals surface area (Å²) in [5.74, 6) is 0. The standard InChI is InChI=1S/C10H12Br2N2S/c1-10(2,3)15-13-6-8-7(11)4-5-9(12)14-8/h4-6H,1-3H3. The van der Waals surface area contributed by atoms with E-state index in [0.717, 1.165) is 14.8 Å². The number of aromatic nitrogens is 1. The molecule has 0 amide bonds. The van der Waals surface area contributed by atoms with E-state index in [4.69, 9.17) is 0 Å². The topological polar surface area (TPSA) is 25.2 Å². The average Bonchev–Trinajstić information content (AvgIpc) is 2.09. The molecule has 2 nitrogen and oxygen atoms in total. The highest BCUT2D eigenvalue weighted by Crippen LogP contribution is 2.24. The van der Waals surface area contributed by atoms with Crippen LogP contribution in [0, 0.1) is 0 Å². The van der Waals surface area contributed by atoms with E-state index in [0.29, 0.717) is 0 Å². The number of hydrogen-bond acceptors (Lipinski definition) is 3. The quantitative estimate of drug-likeness (QED) is 0.446. The van der Waals surface area contributed by atoms with E-state index >= 15 is 0 Å².